The molecule has 1 rings (SSSR count). The highest BCUT2D eigenvalue weighted by atomic mass is 35.5. The number of aliphatic hydroxyl groups excluding tert-OH is 1. The second-order valence-corrected chi connectivity index (χ2v) is 3.54. The zero-order chi connectivity index (χ0) is 11.4. The maximum absolute atomic E-state index is 9.80. The van der Waals surface area contributed by atoms with Crippen LogP contribution in [0, 0.1) is 0 Å². The lowest BCUT2D eigenvalue weighted by atomic mass is 10.0. The van der Waals surface area contributed by atoms with E-state index >= 15 is 0 Å². The van der Waals surface area contributed by atoms with Crippen LogP contribution in [0.25, 0.3) is 0 Å². The Morgan fingerprint density at radius 2 is 2.20 bits per heavy atom. The van der Waals surface area contributed by atoms with Crippen LogP contribution in [0.4, 0.5) is 0 Å². The molecule has 0 saturated heterocycles. The second-order valence-electron chi connectivity index (χ2n) is 3.13. The minimum atomic E-state index is -0.502. The predicted molar refractivity (Wildman–Crippen MR) is 58.3 cm³/mol. The lowest BCUT2D eigenvalue weighted by Crippen LogP contribution is -2.13. The van der Waals surface area contributed by atoms with E-state index in [0.717, 1.165) is 0 Å². The maximum Gasteiger partial charge on any atom is 0.164 e. The van der Waals surface area contributed by atoms with Gasteiger partial charge in [-0.3, -0.25) is 0 Å². The van der Waals surface area contributed by atoms with Crippen LogP contribution in [0.5, 0.6) is 11.5 Å². The summed E-state index contributed by atoms with van der Waals surface area (Å²) < 4.78 is 4.94. The van der Waals surface area contributed by atoms with Crippen molar-refractivity contribution in [2.75, 3.05) is 13.7 Å². The molecule has 1 aromatic carbocycles. The van der Waals surface area contributed by atoms with Crippen LogP contribution in [0.15, 0.2) is 12.1 Å². The van der Waals surface area contributed by atoms with Gasteiger partial charge in [-0.2, -0.15) is 0 Å². The summed E-state index contributed by atoms with van der Waals surface area (Å²) in [5.41, 5.74) is 6.18. The summed E-state index contributed by atoms with van der Waals surface area (Å²) in [7, 11) is 1.45. The lowest BCUT2D eigenvalue weighted by molar-refractivity contribution is 0.275. The molecule has 15 heavy (non-hydrogen) atoms. The Kier molecular flexibility index (Phi) is 4.20. The molecule has 0 fully saturated rings. The van der Waals surface area contributed by atoms with Crippen LogP contribution in [-0.4, -0.2) is 23.9 Å². The summed E-state index contributed by atoms with van der Waals surface area (Å²) in [6.45, 7) is -0.0614. The molecule has 1 aromatic rings. The topological polar surface area (TPSA) is 75.7 Å². The number of nitrogens with two attached hydrogens (primary N) is 1. The van der Waals surface area contributed by atoms with Crippen molar-refractivity contribution in [2.24, 2.45) is 5.73 Å². The number of rotatable bonds is 4. The van der Waals surface area contributed by atoms with Gasteiger partial charge in [-0.1, -0.05) is 11.6 Å². The molecule has 0 aromatic heterocycles. The number of phenols is 1. The molecule has 0 saturated carbocycles. The SMILES string of the molecule is COc1ccc(Cl)c(C(N)CCO)c1O. The molecule has 4 N–H and O–H groups in total. The summed E-state index contributed by atoms with van der Waals surface area (Å²) in [6, 6.07) is 2.66. The van der Waals surface area contributed by atoms with Crippen molar-refractivity contribution in [3.8, 4) is 11.5 Å². The standard InChI is InChI=1S/C10H14ClNO3/c1-15-8-3-2-6(11)9(10(8)14)7(12)4-5-13/h2-3,7,13-14H,4-5,12H2,1H3. The Hall–Kier alpha value is -0.970. The zero-order valence-corrected chi connectivity index (χ0v) is 9.16. The van der Waals surface area contributed by atoms with Gasteiger partial charge in [0, 0.05) is 23.2 Å². The average Bonchev–Trinajstić information content (AvgIpc) is 2.18. The molecule has 1 unspecified atom stereocenters. The fraction of sp³-hybridized carbons (Fsp3) is 0.400. The number of hydrogen-bond donors (Lipinski definition) is 3. The van der Waals surface area contributed by atoms with Crippen LogP contribution < -0.4 is 10.5 Å². The number of phenolic OH excluding ortho intramolecular Hbond substituents is 1. The third-order valence-electron chi connectivity index (χ3n) is 2.16. The zero-order valence-electron chi connectivity index (χ0n) is 8.40. The van der Waals surface area contributed by atoms with E-state index < -0.39 is 6.04 Å². The summed E-state index contributed by atoms with van der Waals surface area (Å²) in [5, 5.41) is 18.9. The van der Waals surface area contributed by atoms with Crippen molar-refractivity contribution in [3.63, 3.8) is 0 Å². The maximum atomic E-state index is 9.80. The molecule has 0 radical (unpaired) electrons. The van der Waals surface area contributed by atoms with Gasteiger partial charge in [-0.15, -0.1) is 0 Å². The van der Waals surface area contributed by atoms with Crippen LogP contribution in [0.2, 0.25) is 5.02 Å². The first kappa shape index (κ1) is 12.1. The minimum absolute atomic E-state index is 0.0614. The Morgan fingerprint density at radius 3 is 2.73 bits per heavy atom. The number of ether oxygens (including phenoxy) is 1. The third kappa shape index (κ3) is 2.53. The largest absolute Gasteiger partial charge is 0.504 e. The fourth-order valence-electron chi connectivity index (χ4n) is 1.36. The number of halogens is 1. The van der Waals surface area contributed by atoms with Crippen molar-refractivity contribution in [1.82, 2.24) is 0 Å². The Morgan fingerprint density at radius 1 is 1.53 bits per heavy atom. The van der Waals surface area contributed by atoms with E-state index in [4.69, 9.17) is 27.2 Å². The van der Waals surface area contributed by atoms with E-state index in [0.29, 0.717) is 22.8 Å². The highest BCUT2D eigenvalue weighted by Gasteiger charge is 2.17. The molecular formula is C10H14ClNO3. The summed E-state index contributed by atoms with van der Waals surface area (Å²) in [5.74, 6) is 0.258. The van der Waals surface area contributed by atoms with E-state index in [1.54, 1.807) is 12.1 Å². The van der Waals surface area contributed by atoms with Gasteiger partial charge in [0.2, 0.25) is 0 Å². The molecule has 5 heteroatoms. The quantitative estimate of drug-likeness (QED) is 0.733. The number of methoxy groups -OCH3 is 1. The smallest absolute Gasteiger partial charge is 0.164 e. The first-order chi connectivity index (χ1) is 7.11. The van der Waals surface area contributed by atoms with Crippen molar-refractivity contribution >= 4 is 11.6 Å². The number of benzene rings is 1. The molecule has 0 bridgehead atoms. The summed E-state index contributed by atoms with van der Waals surface area (Å²) >= 11 is 5.91. The molecule has 0 heterocycles. The Balaban J connectivity index is 3.14. The van der Waals surface area contributed by atoms with Crippen molar-refractivity contribution in [2.45, 2.75) is 12.5 Å². The molecular weight excluding hydrogens is 218 g/mol. The summed E-state index contributed by atoms with van der Waals surface area (Å²) in [4.78, 5) is 0. The van der Waals surface area contributed by atoms with Gasteiger partial charge < -0.3 is 20.7 Å². The van der Waals surface area contributed by atoms with Crippen molar-refractivity contribution in [3.05, 3.63) is 22.7 Å². The van der Waals surface area contributed by atoms with Crippen LogP contribution in [0.1, 0.15) is 18.0 Å². The molecule has 84 valence electrons. The molecule has 0 amide bonds. The van der Waals surface area contributed by atoms with Crippen LogP contribution in [0.3, 0.4) is 0 Å². The molecule has 0 aliphatic heterocycles. The predicted octanol–water partition coefficient (Wildman–Crippen LogP) is 1.44. The van der Waals surface area contributed by atoms with Gasteiger partial charge in [0.05, 0.1) is 7.11 Å². The molecule has 0 aliphatic carbocycles. The molecule has 0 aliphatic rings. The van der Waals surface area contributed by atoms with E-state index in [9.17, 15) is 5.11 Å². The molecule has 4 nitrogen and oxygen atoms in total. The monoisotopic (exact) mass is 231 g/mol. The third-order valence-corrected chi connectivity index (χ3v) is 2.49. The van der Waals surface area contributed by atoms with Crippen molar-refractivity contribution in [1.29, 1.82) is 0 Å². The number of aromatic hydroxyl groups is 1. The first-order valence-corrected chi connectivity index (χ1v) is 4.91. The van der Waals surface area contributed by atoms with Gasteiger partial charge in [-0.05, 0) is 18.6 Å². The molecule has 1 atom stereocenters. The van der Waals surface area contributed by atoms with E-state index in [-0.39, 0.29) is 12.4 Å². The fourth-order valence-corrected chi connectivity index (χ4v) is 1.66. The minimum Gasteiger partial charge on any atom is -0.504 e. The first-order valence-electron chi connectivity index (χ1n) is 4.53. The average molecular weight is 232 g/mol. The van der Waals surface area contributed by atoms with E-state index in [2.05, 4.69) is 0 Å². The van der Waals surface area contributed by atoms with E-state index in [1.165, 1.54) is 7.11 Å². The number of aliphatic hydroxyl groups is 1. The Bertz CT molecular complexity index is 344. The van der Waals surface area contributed by atoms with Gasteiger partial charge >= 0.3 is 0 Å². The normalized spacial score (nSPS) is 12.5. The highest BCUT2D eigenvalue weighted by molar-refractivity contribution is 6.31. The Labute approximate surface area is 93.2 Å². The van der Waals surface area contributed by atoms with Crippen LogP contribution >= 0.6 is 11.6 Å². The van der Waals surface area contributed by atoms with Gasteiger partial charge in [0.25, 0.3) is 0 Å². The van der Waals surface area contributed by atoms with Gasteiger partial charge in [-0.25, -0.2) is 0 Å². The highest BCUT2D eigenvalue weighted by Crippen LogP contribution is 2.38. The van der Waals surface area contributed by atoms with Crippen LogP contribution in [-0.2, 0) is 0 Å². The van der Waals surface area contributed by atoms with Gasteiger partial charge in [0.15, 0.2) is 11.5 Å². The second kappa shape index (κ2) is 5.21. The van der Waals surface area contributed by atoms with Crippen molar-refractivity contribution < 1.29 is 14.9 Å². The molecule has 0 spiro atoms. The number of hydrogen-bond acceptors (Lipinski definition) is 4. The summed E-state index contributed by atoms with van der Waals surface area (Å²) in [6.07, 6.45) is 0.334. The van der Waals surface area contributed by atoms with E-state index in [1.807, 2.05) is 0 Å². The lowest BCUT2D eigenvalue weighted by Gasteiger charge is -2.16. The van der Waals surface area contributed by atoms with Gasteiger partial charge in [0.1, 0.15) is 0 Å².